The predicted octanol–water partition coefficient (Wildman–Crippen LogP) is 3.45. The maximum atomic E-state index is 13.5. The van der Waals surface area contributed by atoms with E-state index in [2.05, 4.69) is 10.2 Å². The largest absolute Gasteiger partial charge is 0.350 e. The highest BCUT2D eigenvalue weighted by molar-refractivity contribution is 7.12. The summed E-state index contributed by atoms with van der Waals surface area (Å²) < 4.78 is 0. The van der Waals surface area contributed by atoms with Crippen molar-refractivity contribution < 1.29 is 9.59 Å². The highest BCUT2D eigenvalue weighted by Crippen LogP contribution is 2.27. The minimum absolute atomic E-state index is 0.0163. The van der Waals surface area contributed by atoms with Crippen LogP contribution in [-0.2, 0) is 4.79 Å². The number of piperazine rings is 1. The Hall–Kier alpha value is -2.96. The molecule has 3 aromatic rings. The van der Waals surface area contributed by atoms with Gasteiger partial charge in [0, 0.05) is 39.3 Å². The van der Waals surface area contributed by atoms with Crippen LogP contribution in [-0.4, -0.2) is 60.9 Å². The quantitative estimate of drug-likeness (QED) is 0.621. The summed E-state index contributed by atoms with van der Waals surface area (Å²) in [4.78, 5) is 30.6. The molecule has 160 valence electrons. The van der Waals surface area contributed by atoms with Gasteiger partial charge in [0.15, 0.2) is 0 Å². The van der Waals surface area contributed by atoms with E-state index in [4.69, 9.17) is 0 Å². The molecule has 5 nitrogen and oxygen atoms in total. The van der Waals surface area contributed by atoms with Crippen LogP contribution in [0.1, 0.15) is 26.7 Å². The molecule has 0 aliphatic carbocycles. The summed E-state index contributed by atoms with van der Waals surface area (Å²) in [6.45, 7) is 4.44. The summed E-state index contributed by atoms with van der Waals surface area (Å²) in [5, 5.41) is 4.88. The number of carbonyl (C=O) groups excluding carboxylic acids is 2. The number of thiophene rings is 1. The molecule has 2 amide bonds. The van der Waals surface area contributed by atoms with E-state index < -0.39 is 0 Å². The van der Waals surface area contributed by atoms with Crippen molar-refractivity contribution in [3.8, 4) is 0 Å². The molecule has 1 fully saturated rings. The Kier molecular flexibility index (Phi) is 7.12. The van der Waals surface area contributed by atoms with E-state index in [0.717, 1.165) is 35.6 Å². The van der Waals surface area contributed by atoms with Gasteiger partial charge in [-0.05, 0) is 22.6 Å². The lowest BCUT2D eigenvalue weighted by Crippen LogP contribution is -2.51. The van der Waals surface area contributed by atoms with Gasteiger partial charge in [0.25, 0.3) is 5.91 Å². The summed E-state index contributed by atoms with van der Waals surface area (Å²) in [6, 6.07) is 23.7. The van der Waals surface area contributed by atoms with Crippen LogP contribution in [0.3, 0.4) is 0 Å². The van der Waals surface area contributed by atoms with Crippen molar-refractivity contribution in [3.63, 3.8) is 0 Å². The number of nitrogens with zero attached hydrogens (tertiary/aromatic N) is 2. The molecule has 0 saturated carbocycles. The van der Waals surface area contributed by atoms with E-state index in [1.165, 1.54) is 11.3 Å². The molecule has 1 saturated heterocycles. The normalized spacial score (nSPS) is 14.5. The Morgan fingerprint density at radius 1 is 0.839 bits per heavy atom. The second kappa shape index (κ2) is 10.4. The van der Waals surface area contributed by atoms with Crippen molar-refractivity contribution in [3.05, 3.63) is 94.2 Å². The maximum Gasteiger partial charge on any atom is 0.261 e. The third-order valence-corrected chi connectivity index (χ3v) is 6.52. The molecule has 1 N–H and O–H groups in total. The lowest BCUT2D eigenvalue weighted by Gasteiger charge is -2.36. The number of nitrogens with one attached hydrogen (secondary N) is 1. The van der Waals surface area contributed by atoms with Gasteiger partial charge in [0.1, 0.15) is 0 Å². The number of hydrogen-bond acceptors (Lipinski definition) is 4. The smallest absolute Gasteiger partial charge is 0.261 e. The zero-order chi connectivity index (χ0) is 21.5. The Bertz CT molecular complexity index is 929. The van der Waals surface area contributed by atoms with E-state index in [1.54, 1.807) is 0 Å². The first kappa shape index (κ1) is 21.3. The molecule has 1 aromatic heterocycles. The lowest BCUT2D eigenvalue weighted by molar-refractivity contribution is -0.133. The van der Waals surface area contributed by atoms with Gasteiger partial charge in [-0.2, -0.15) is 0 Å². The van der Waals surface area contributed by atoms with Crippen LogP contribution in [0.5, 0.6) is 0 Å². The van der Waals surface area contributed by atoms with Crippen LogP contribution in [0.15, 0.2) is 78.2 Å². The van der Waals surface area contributed by atoms with E-state index >= 15 is 0 Å². The second-order valence-corrected chi connectivity index (χ2v) is 8.60. The molecular formula is C25H27N3O2S. The lowest BCUT2D eigenvalue weighted by atomic mass is 9.90. The van der Waals surface area contributed by atoms with Crippen LogP contribution in [0, 0.1) is 0 Å². The van der Waals surface area contributed by atoms with Crippen molar-refractivity contribution in [2.24, 2.45) is 0 Å². The number of benzene rings is 2. The van der Waals surface area contributed by atoms with Crippen LogP contribution in [0.2, 0.25) is 0 Å². The molecule has 2 heterocycles. The summed E-state index contributed by atoms with van der Waals surface area (Å²) in [7, 11) is 0. The van der Waals surface area contributed by atoms with Crippen LogP contribution in [0.25, 0.3) is 0 Å². The van der Waals surface area contributed by atoms with E-state index in [9.17, 15) is 9.59 Å². The molecule has 0 bridgehead atoms. The molecule has 6 heteroatoms. The Balaban J connectivity index is 1.33. The molecule has 0 spiro atoms. The second-order valence-electron chi connectivity index (χ2n) is 7.65. The first-order chi connectivity index (χ1) is 15.2. The number of hydrogen-bond donors (Lipinski definition) is 1. The highest BCUT2D eigenvalue weighted by Gasteiger charge is 2.29. The number of rotatable bonds is 7. The fourth-order valence-corrected chi connectivity index (χ4v) is 4.61. The molecule has 0 radical (unpaired) electrons. The van der Waals surface area contributed by atoms with Crippen molar-refractivity contribution in [2.45, 2.75) is 5.92 Å². The topological polar surface area (TPSA) is 52.7 Å². The van der Waals surface area contributed by atoms with Gasteiger partial charge in [-0.1, -0.05) is 66.7 Å². The first-order valence-corrected chi connectivity index (χ1v) is 11.5. The van der Waals surface area contributed by atoms with Crippen molar-refractivity contribution in [1.29, 1.82) is 0 Å². The number of carbonyl (C=O) groups is 2. The van der Waals surface area contributed by atoms with Gasteiger partial charge < -0.3 is 10.2 Å². The molecule has 2 aromatic carbocycles. The van der Waals surface area contributed by atoms with Crippen LogP contribution < -0.4 is 5.32 Å². The molecule has 0 unspecified atom stereocenters. The van der Waals surface area contributed by atoms with Crippen LogP contribution in [0.4, 0.5) is 0 Å². The summed E-state index contributed by atoms with van der Waals surface area (Å²) in [5.41, 5.74) is 2.05. The standard InChI is InChI=1S/C25H27N3O2S/c29-24(22-12-7-19-31-22)26-13-14-27-15-17-28(18-16-27)25(30)23(20-8-3-1-4-9-20)21-10-5-2-6-11-21/h1-12,19,23H,13-18H2,(H,26,29). The van der Waals surface area contributed by atoms with Gasteiger partial charge in [-0.25, -0.2) is 0 Å². The predicted molar refractivity (Wildman–Crippen MR) is 124 cm³/mol. The van der Waals surface area contributed by atoms with Crippen LogP contribution >= 0.6 is 11.3 Å². The Morgan fingerprint density at radius 3 is 2.00 bits per heavy atom. The summed E-state index contributed by atoms with van der Waals surface area (Å²) >= 11 is 1.45. The van der Waals surface area contributed by atoms with Gasteiger partial charge in [0.05, 0.1) is 10.8 Å². The van der Waals surface area contributed by atoms with Crippen molar-refractivity contribution >= 4 is 23.2 Å². The fraction of sp³-hybridized carbons (Fsp3) is 0.280. The average molecular weight is 434 g/mol. The highest BCUT2D eigenvalue weighted by atomic mass is 32.1. The molecule has 0 atom stereocenters. The van der Waals surface area contributed by atoms with E-state index in [1.807, 2.05) is 83.1 Å². The van der Waals surface area contributed by atoms with Gasteiger partial charge in [-0.3, -0.25) is 14.5 Å². The molecule has 1 aliphatic heterocycles. The minimum atomic E-state index is -0.279. The van der Waals surface area contributed by atoms with Crippen molar-refractivity contribution in [2.75, 3.05) is 39.3 Å². The summed E-state index contributed by atoms with van der Waals surface area (Å²) in [6.07, 6.45) is 0. The Labute approximate surface area is 187 Å². The zero-order valence-corrected chi connectivity index (χ0v) is 18.3. The van der Waals surface area contributed by atoms with E-state index in [-0.39, 0.29) is 17.7 Å². The minimum Gasteiger partial charge on any atom is -0.350 e. The van der Waals surface area contributed by atoms with Gasteiger partial charge >= 0.3 is 0 Å². The molecular weight excluding hydrogens is 406 g/mol. The Morgan fingerprint density at radius 2 is 1.45 bits per heavy atom. The number of amides is 2. The average Bonchev–Trinajstić information content (AvgIpc) is 3.36. The SMILES string of the molecule is O=C(NCCN1CCN(C(=O)C(c2ccccc2)c2ccccc2)CC1)c1cccs1. The third kappa shape index (κ3) is 5.40. The third-order valence-electron chi connectivity index (χ3n) is 5.66. The fourth-order valence-electron chi connectivity index (χ4n) is 3.97. The zero-order valence-electron chi connectivity index (χ0n) is 17.4. The molecule has 31 heavy (non-hydrogen) atoms. The van der Waals surface area contributed by atoms with Gasteiger partial charge in [-0.15, -0.1) is 11.3 Å². The van der Waals surface area contributed by atoms with Gasteiger partial charge in [0.2, 0.25) is 5.91 Å². The maximum absolute atomic E-state index is 13.5. The summed E-state index contributed by atoms with van der Waals surface area (Å²) in [5.74, 6) is -0.139. The van der Waals surface area contributed by atoms with E-state index in [0.29, 0.717) is 19.6 Å². The monoisotopic (exact) mass is 433 g/mol. The first-order valence-electron chi connectivity index (χ1n) is 10.6. The molecule has 4 rings (SSSR count). The molecule has 1 aliphatic rings. The van der Waals surface area contributed by atoms with Crippen molar-refractivity contribution in [1.82, 2.24) is 15.1 Å².